The Balaban J connectivity index is 3.05. The van der Waals surface area contributed by atoms with Crippen molar-refractivity contribution < 1.29 is 24.5 Å². The summed E-state index contributed by atoms with van der Waals surface area (Å²) in [6.07, 6.45) is -1.48. The van der Waals surface area contributed by atoms with Gasteiger partial charge < -0.3 is 19.7 Å². The molecule has 0 radical (unpaired) electrons. The maximum absolute atomic E-state index is 10.6. The van der Waals surface area contributed by atoms with Crippen molar-refractivity contribution >= 4 is 5.97 Å². The Morgan fingerprint density at radius 2 is 2.18 bits per heavy atom. The van der Waals surface area contributed by atoms with E-state index in [4.69, 9.17) is 14.6 Å². The average molecular weight is 240 g/mol. The molecule has 94 valence electrons. The van der Waals surface area contributed by atoms with Crippen LogP contribution in [0.2, 0.25) is 0 Å². The monoisotopic (exact) mass is 240 g/mol. The van der Waals surface area contributed by atoms with E-state index in [0.717, 1.165) is 0 Å². The summed E-state index contributed by atoms with van der Waals surface area (Å²) in [6, 6.07) is 5.02. The molecule has 1 atom stereocenters. The number of hydrogen-bond acceptors (Lipinski definition) is 4. The number of methoxy groups -OCH3 is 1. The van der Waals surface area contributed by atoms with E-state index in [2.05, 4.69) is 0 Å². The van der Waals surface area contributed by atoms with Crippen LogP contribution in [0, 0.1) is 0 Å². The molecule has 5 nitrogen and oxygen atoms in total. The maximum Gasteiger partial charge on any atom is 0.306 e. The van der Waals surface area contributed by atoms with Crippen LogP contribution in [-0.4, -0.2) is 29.9 Å². The second-order valence-electron chi connectivity index (χ2n) is 3.43. The number of carboxylic acids is 1. The van der Waals surface area contributed by atoms with Gasteiger partial charge in [-0.3, -0.25) is 4.79 Å². The van der Waals surface area contributed by atoms with E-state index < -0.39 is 12.1 Å². The minimum atomic E-state index is -1.11. The summed E-state index contributed by atoms with van der Waals surface area (Å²) in [5.74, 6) is -0.193. The molecule has 0 bridgehead atoms. The maximum atomic E-state index is 10.6. The molecule has 1 aromatic rings. The van der Waals surface area contributed by atoms with Crippen molar-refractivity contribution in [2.24, 2.45) is 0 Å². The molecule has 0 unspecified atom stereocenters. The highest BCUT2D eigenvalue weighted by Gasteiger charge is 2.19. The van der Waals surface area contributed by atoms with Crippen molar-refractivity contribution in [2.75, 3.05) is 13.7 Å². The summed E-state index contributed by atoms with van der Waals surface area (Å²) in [5.41, 5.74) is 0.417. The van der Waals surface area contributed by atoms with Gasteiger partial charge in [-0.25, -0.2) is 0 Å². The number of benzene rings is 1. The lowest BCUT2D eigenvalue weighted by molar-refractivity contribution is -0.139. The van der Waals surface area contributed by atoms with Crippen molar-refractivity contribution in [1.82, 2.24) is 0 Å². The number of aliphatic carboxylic acids is 1. The third-order valence-corrected chi connectivity index (χ3v) is 2.24. The van der Waals surface area contributed by atoms with Crippen molar-refractivity contribution in [3.63, 3.8) is 0 Å². The van der Waals surface area contributed by atoms with Gasteiger partial charge in [0.25, 0.3) is 0 Å². The summed E-state index contributed by atoms with van der Waals surface area (Å²) in [5, 5.41) is 18.4. The molecule has 1 aromatic carbocycles. The van der Waals surface area contributed by atoms with Crippen LogP contribution < -0.4 is 9.47 Å². The van der Waals surface area contributed by atoms with Gasteiger partial charge in [-0.1, -0.05) is 12.1 Å². The Labute approximate surface area is 99.6 Å². The first kappa shape index (κ1) is 13.3. The first-order valence-electron chi connectivity index (χ1n) is 5.29. The summed E-state index contributed by atoms with van der Waals surface area (Å²) in [6.45, 7) is 2.30. The third-order valence-electron chi connectivity index (χ3n) is 2.24. The summed E-state index contributed by atoms with van der Waals surface area (Å²) in [7, 11) is 1.45. The molecule has 0 aliphatic carbocycles. The molecule has 0 fully saturated rings. The van der Waals surface area contributed by atoms with Gasteiger partial charge in [0.2, 0.25) is 0 Å². The standard InChI is InChI=1S/C12H16O5/c1-3-17-10-6-4-5-8(12(10)16-2)9(13)7-11(14)15/h4-6,9,13H,3,7H2,1-2H3,(H,14,15)/t9-/m1/s1. The Bertz CT molecular complexity index is 388. The Morgan fingerprint density at radius 1 is 1.47 bits per heavy atom. The van der Waals surface area contributed by atoms with Gasteiger partial charge in [0.15, 0.2) is 11.5 Å². The van der Waals surface area contributed by atoms with Gasteiger partial charge in [-0.15, -0.1) is 0 Å². The van der Waals surface area contributed by atoms with Crippen molar-refractivity contribution in [2.45, 2.75) is 19.4 Å². The summed E-state index contributed by atoms with van der Waals surface area (Å²) in [4.78, 5) is 10.6. The highest BCUT2D eigenvalue weighted by molar-refractivity contribution is 5.68. The van der Waals surface area contributed by atoms with Crippen LogP contribution in [0.4, 0.5) is 0 Å². The largest absolute Gasteiger partial charge is 0.492 e. The molecule has 0 saturated carbocycles. The number of carbonyl (C=O) groups is 1. The van der Waals surface area contributed by atoms with Gasteiger partial charge >= 0.3 is 5.97 Å². The lowest BCUT2D eigenvalue weighted by Gasteiger charge is -2.16. The lowest BCUT2D eigenvalue weighted by atomic mass is 10.0. The molecule has 0 spiro atoms. The zero-order chi connectivity index (χ0) is 12.8. The molecule has 0 amide bonds. The van der Waals surface area contributed by atoms with Crippen LogP contribution >= 0.6 is 0 Å². The van der Waals surface area contributed by atoms with E-state index in [1.807, 2.05) is 6.92 Å². The molecular weight excluding hydrogens is 224 g/mol. The topological polar surface area (TPSA) is 76.0 Å². The lowest BCUT2D eigenvalue weighted by Crippen LogP contribution is -2.08. The van der Waals surface area contributed by atoms with Crippen LogP contribution in [-0.2, 0) is 4.79 Å². The number of para-hydroxylation sites is 1. The Morgan fingerprint density at radius 3 is 2.71 bits per heavy atom. The van der Waals surface area contributed by atoms with E-state index >= 15 is 0 Å². The molecule has 0 aromatic heterocycles. The van der Waals surface area contributed by atoms with Crippen LogP contribution in [0.1, 0.15) is 25.0 Å². The quantitative estimate of drug-likeness (QED) is 0.789. The molecule has 1 rings (SSSR count). The van der Waals surface area contributed by atoms with E-state index in [-0.39, 0.29) is 6.42 Å². The van der Waals surface area contributed by atoms with Crippen molar-refractivity contribution in [3.8, 4) is 11.5 Å². The summed E-state index contributed by atoms with van der Waals surface area (Å²) < 4.78 is 10.5. The molecule has 0 aliphatic heterocycles. The molecule has 0 heterocycles. The van der Waals surface area contributed by atoms with Gasteiger partial charge in [0, 0.05) is 5.56 Å². The number of carboxylic acid groups (broad SMARTS) is 1. The highest BCUT2D eigenvalue weighted by Crippen LogP contribution is 2.35. The van der Waals surface area contributed by atoms with Gasteiger partial charge in [-0.05, 0) is 13.0 Å². The second kappa shape index (κ2) is 6.10. The third kappa shape index (κ3) is 3.35. The zero-order valence-electron chi connectivity index (χ0n) is 9.84. The average Bonchev–Trinajstić information content (AvgIpc) is 2.28. The Kier molecular flexibility index (Phi) is 4.78. The SMILES string of the molecule is CCOc1cccc([C@H](O)CC(=O)O)c1OC. The molecule has 5 heteroatoms. The van der Waals surface area contributed by atoms with Gasteiger partial charge in [-0.2, -0.15) is 0 Å². The number of ether oxygens (including phenoxy) is 2. The van der Waals surface area contributed by atoms with Gasteiger partial charge in [0.05, 0.1) is 26.2 Å². The van der Waals surface area contributed by atoms with Gasteiger partial charge in [0.1, 0.15) is 0 Å². The fraction of sp³-hybridized carbons (Fsp3) is 0.417. The number of hydrogen-bond donors (Lipinski definition) is 2. The first-order chi connectivity index (χ1) is 8.10. The molecular formula is C12H16O5. The normalized spacial score (nSPS) is 11.9. The molecule has 0 aliphatic rings. The van der Waals surface area contributed by atoms with Crippen molar-refractivity contribution in [3.05, 3.63) is 23.8 Å². The fourth-order valence-corrected chi connectivity index (χ4v) is 1.56. The van der Waals surface area contributed by atoms with Crippen LogP contribution in [0.3, 0.4) is 0 Å². The number of aliphatic hydroxyl groups is 1. The zero-order valence-corrected chi connectivity index (χ0v) is 9.84. The predicted octanol–water partition coefficient (Wildman–Crippen LogP) is 1.60. The minimum Gasteiger partial charge on any atom is -0.492 e. The smallest absolute Gasteiger partial charge is 0.306 e. The minimum absolute atomic E-state index is 0.369. The highest BCUT2D eigenvalue weighted by atomic mass is 16.5. The van der Waals surface area contributed by atoms with Crippen LogP contribution in [0.25, 0.3) is 0 Å². The van der Waals surface area contributed by atoms with Crippen molar-refractivity contribution in [1.29, 1.82) is 0 Å². The van der Waals surface area contributed by atoms with E-state index in [0.29, 0.717) is 23.7 Å². The number of rotatable bonds is 6. The summed E-state index contributed by atoms with van der Waals surface area (Å²) >= 11 is 0. The van der Waals surface area contributed by atoms with E-state index in [1.54, 1.807) is 18.2 Å². The first-order valence-corrected chi connectivity index (χ1v) is 5.29. The molecule has 2 N–H and O–H groups in total. The molecule has 0 saturated heterocycles. The predicted molar refractivity (Wildman–Crippen MR) is 61.4 cm³/mol. The molecule has 17 heavy (non-hydrogen) atoms. The van der Waals surface area contributed by atoms with Crippen LogP contribution in [0.15, 0.2) is 18.2 Å². The van der Waals surface area contributed by atoms with E-state index in [9.17, 15) is 9.90 Å². The second-order valence-corrected chi connectivity index (χ2v) is 3.43. The number of aliphatic hydroxyl groups excluding tert-OH is 1. The fourth-order valence-electron chi connectivity index (χ4n) is 1.56. The Hall–Kier alpha value is -1.75. The van der Waals surface area contributed by atoms with Crippen LogP contribution in [0.5, 0.6) is 11.5 Å². The van der Waals surface area contributed by atoms with E-state index in [1.165, 1.54) is 7.11 Å².